The average Bonchev–Trinajstić information content (AvgIpc) is 2.79. The van der Waals surface area contributed by atoms with Crippen molar-refractivity contribution >= 4 is 11.8 Å². The fourth-order valence-corrected chi connectivity index (χ4v) is 2.30. The summed E-state index contributed by atoms with van der Waals surface area (Å²) in [5, 5.41) is 23.8. The molecule has 2 N–H and O–H groups in total. The van der Waals surface area contributed by atoms with Crippen LogP contribution in [-0.4, -0.2) is 31.8 Å². The maximum Gasteiger partial charge on any atom is 0.231 e. The molecule has 0 bridgehead atoms. The summed E-state index contributed by atoms with van der Waals surface area (Å²) < 4.78 is 0. The second kappa shape index (κ2) is 5.09. The molecule has 0 saturated heterocycles. The van der Waals surface area contributed by atoms with Gasteiger partial charge in [0.05, 0.1) is 11.4 Å². The van der Waals surface area contributed by atoms with Gasteiger partial charge in [-0.1, -0.05) is 42.1 Å². The standard InChI is InChI=1S/C10H12N4OS/c1-7(15)9(8-5-3-2-4-6-8)16-10-11-13-14-12-10/h2-7,9,15H,1H3,(H,11,12,13,14). The van der Waals surface area contributed by atoms with E-state index >= 15 is 0 Å². The summed E-state index contributed by atoms with van der Waals surface area (Å²) in [6.07, 6.45) is -0.481. The molecule has 0 fully saturated rings. The van der Waals surface area contributed by atoms with E-state index in [1.165, 1.54) is 11.8 Å². The largest absolute Gasteiger partial charge is 0.392 e. The lowest BCUT2D eigenvalue weighted by molar-refractivity contribution is 0.192. The van der Waals surface area contributed by atoms with Crippen LogP contribution in [0, 0.1) is 0 Å². The van der Waals surface area contributed by atoms with E-state index < -0.39 is 6.10 Å². The number of rotatable bonds is 4. The average molecular weight is 236 g/mol. The zero-order chi connectivity index (χ0) is 11.4. The highest BCUT2D eigenvalue weighted by molar-refractivity contribution is 7.99. The molecule has 16 heavy (non-hydrogen) atoms. The Kier molecular flexibility index (Phi) is 3.53. The number of benzene rings is 1. The van der Waals surface area contributed by atoms with Gasteiger partial charge in [-0.05, 0) is 17.7 Å². The third-order valence-corrected chi connectivity index (χ3v) is 3.43. The van der Waals surface area contributed by atoms with Gasteiger partial charge in [0, 0.05) is 0 Å². The monoisotopic (exact) mass is 236 g/mol. The van der Waals surface area contributed by atoms with Crippen molar-refractivity contribution in [2.75, 3.05) is 0 Å². The first-order chi connectivity index (χ1) is 7.77. The van der Waals surface area contributed by atoms with E-state index in [1.54, 1.807) is 6.92 Å². The maximum absolute atomic E-state index is 9.76. The van der Waals surface area contributed by atoms with Crippen molar-refractivity contribution < 1.29 is 5.11 Å². The van der Waals surface area contributed by atoms with Crippen molar-refractivity contribution in [3.8, 4) is 0 Å². The Balaban J connectivity index is 2.18. The zero-order valence-corrected chi connectivity index (χ0v) is 9.56. The van der Waals surface area contributed by atoms with Gasteiger partial charge >= 0.3 is 0 Å². The van der Waals surface area contributed by atoms with Crippen LogP contribution >= 0.6 is 11.8 Å². The molecule has 84 valence electrons. The quantitative estimate of drug-likeness (QED) is 0.785. The van der Waals surface area contributed by atoms with Gasteiger partial charge in [-0.3, -0.25) is 0 Å². The number of nitrogens with one attached hydrogen (secondary N) is 1. The topological polar surface area (TPSA) is 74.7 Å². The Labute approximate surface area is 97.3 Å². The van der Waals surface area contributed by atoms with Gasteiger partial charge in [0.25, 0.3) is 0 Å². The first-order valence-corrected chi connectivity index (χ1v) is 5.78. The summed E-state index contributed by atoms with van der Waals surface area (Å²) in [6.45, 7) is 1.75. The zero-order valence-electron chi connectivity index (χ0n) is 8.74. The van der Waals surface area contributed by atoms with Crippen LogP contribution in [0.15, 0.2) is 35.5 Å². The third-order valence-electron chi connectivity index (χ3n) is 2.12. The second-order valence-corrected chi connectivity index (χ2v) is 4.49. The van der Waals surface area contributed by atoms with Gasteiger partial charge in [-0.15, -0.1) is 10.2 Å². The first-order valence-electron chi connectivity index (χ1n) is 4.90. The fraction of sp³-hybridized carbons (Fsp3) is 0.300. The lowest BCUT2D eigenvalue weighted by Crippen LogP contribution is -2.11. The molecule has 6 heteroatoms. The number of tetrazole rings is 1. The molecular formula is C10H12N4OS. The molecule has 1 aromatic heterocycles. The van der Waals surface area contributed by atoms with Crippen LogP contribution < -0.4 is 0 Å². The van der Waals surface area contributed by atoms with Crippen molar-refractivity contribution in [2.45, 2.75) is 23.4 Å². The number of nitrogens with zero attached hydrogens (tertiary/aromatic N) is 3. The minimum absolute atomic E-state index is 0.0844. The fourth-order valence-electron chi connectivity index (χ4n) is 1.40. The van der Waals surface area contributed by atoms with Crippen molar-refractivity contribution in [1.82, 2.24) is 20.6 Å². The SMILES string of the molecule is CC(O)C(Sc1nn[nH]n1)c1ccccc1. The van der Waals surface area contributed by atoms with Crippen LogP contribution in [0.1, 0.15) is 17.7 Å². The molecule has 2 atom stereocenters. The molecular weight excluding hydrogens is 224 g/mol. The molecule has 0 aliphatic carbocycles. The molecule has 2 unspecified atom stereocenters. The lowest BCUT2D eigenvalue weighted by Gasteiger charge is -2.17. The molecule has 0 aliphatic rings. The smallest absolute Gasteiger partial charge is 0.231 e. The summed E-state index contributed by atoms with van der Waals surface area (Å²) in [5.74, 6) is 0. The van der Waals surface area contributed by atoms with E-state index in [0.29, 0.717) is 5.16 Å². The molecule has 0 spiro atoms. The minimum Gasteiger partial charge on any atom is -0.392 e. The molecule has 0 amide bonds. The van der Waals surface area contributed by atoms with Crippen molar-refractivity contribution in [3.05, 3.63) is 35.9 Å². The number of aliphatic hydroxyl groups is 1. The third kappa shape index (κ3) is 2.59. The molecule has 2 rings (SSSR count). The summed E-state index contributed by atoms with van der Waals surface area (Å²) in [5.41, 5.74) is 1.05. The first kappa shape index (κ1) is 11.1. The number of aromatic nitrogens is 4. The van der Waals surface area contributed by atoms with E-state index in [2.05, 4.69) is 20.6 Å². The lowest BCUT2D eigenvalue weighted by atomic mass is 10.1. The van der Waals surface area contributed by atoms with Gasteiger partial charge in [-0.25, -0.2) is 0 Å². The van der Waals surface area contributed by atoms with Crippen molar-refractivity contribution in [1.29, 1.82) is 0 Å². The van der Waals surface area contributed by atoms with Crippen molar-refractivity contribution in [2.24, 2.45) is 0 Å². The highest BCUT2D eigenvalue weighted by atomic mass is 32.2. The molecule has 0 radical (unpaired) electrons. The Morgan fingerprint density at radius 2 is 2.06 bits per heavy atom. The Morgan fingerprint density at radius 3 is 2.62 bits per heavy atom. The van der Waals surface area contributed by atoms with E-state index in [-0.39, 0.29) is 5.25 Å². The van der Waals surface area contributed by atoms with Crippen molar-refractivity contribution in [3.63, 3.8) is 0 Å². The van der Waals surface area contributed by atoms with Crippen LogP contribution in [0.2, 0.25) is 0 Å². The minimum atomic E-state index is -0.481. The number of hydrogen-bond acceptors (Lipinski definition) is 5. The highest BCUT2D eigenvalue weighted by Gasteiger charge is 2.20. The number of aromatic amines is 1. The van der Waals surface area contributed by atoms with E-state index in [9.17, 15) is 5.11 Å². The molecule has 1 heterocycles. The van der Waals surface area contributed by atoms with Gasteiger partial charge in [0.2, 0.25) is 5.16 Å². The predicted octanol–water partition coefficient (Wildman–Crippen LogP) is 1.41. The summed E-state index contributed by atoms with van der Waals surface area (Å²) in [4.78, 5) is 0. The molecule has 2 aromatic rings. The van der Waals surface area contributed by atoms with Crippen LogP contribution in [0.3, 0.4) is 0 Å². The van der Waals surface area contributed by atoms with E-state index in [4.69, 9.17) is 0 Å². The maximum atomic E-state index is 9.76. The molecule has 1 aromatic carbocycles. The van der Waals surface area contributed by atoms with Gasteiger partial charge in [0.1, 0.15) is 0 Å². The molecule has 0 saturated carbocycles. The summed E-state index contributed by atoms with van der Waals surface area (Å²) in [7, 11) is 0. The van der Waals surface area contributed by atoms with Crippen LogP contribution in [0.25, 0.3) is 0 Å². The Hall–Kier alpha value is -1.40. The predicted molar refractivity (Wildman–Crippen MR) is 60.9 cm³/mol. The number of H-pyrrole nitrogens is 1. The van der Waals surface area contributed by atoms with Crippen LogP contribution in [0.4, 0.5) is 0 Å². The Morgan fingerprint density at radius 1 is 1.31 bits per heavy atom. The number of hydrogen-bond donors (Lipinski definition) is 2. The highest BCUT2D eigenvalue weighted by Crippen LogP contribution is 2.35. The van der Waals surface area contributed by atoms with Crippen LogP contribution in [-0.2, 0) is 0 Å². The van der Waals surface area contributed by atoms with Crippen LogP contribution in [0.5, 0.6) is 0 Å². The summed E-state index contributed by atoms with van der Waals surface area (Å²) >= 11 is 1.39. The normalized spacial score (nSPS) is 14.6. The van der Waals surface area contributed by atoms with E-state index in [1.807, 2.05) is 30.3 Å². The summed E-state index contributed by atoms with van der Waals surface area (Å²) in [6, 6.07) is 9.79. The second-order valence-electron chi connectivity index (χ2n) is 3.38. The molecule has 5 nitrogen and oxygen atoms in total. The Bertz CT molecular complexity index is 418. The number of aliphatic hydroxyl groups excluding tert-OH is 1. The van der Waals surface area contributed by atoms with Gasteiger partial charge in [-0.2, -0.15) is 5.21 Å². The number of thioether (sulfide) groups is 1. The van der Waals surface area contributed by atoms with E-state index in [0.717, 1.165) is 5.56 Å². The van der Waals surface area contributed by atoms with Gasteiger partial charge in [0.15, 0.2) is 0 Å². The molecule has 0 aliphatic heterocycles. The van der Waals surface area contributed by atoms with Gasteiger partial charge < -0.3 is 5.11 Å².